The lowest BCUT2D eigenvalue weighted by atomic mass is 9.93. The highest BCUT2D eigenvalue weighted by molar-refractivity contribution is 5.86. The molecule has 7 nitrogen and oxygen atoms in total. The molecule has 39 heavy (non-hydrogen) atoms. The molecule has 0 bridgehead atoms. The van der Waals surface area contributed by atoms with Crippen molar-refractivity contribution < 1.29 is 32.2 Å². The summed E-state index contributed by atoms with van der Waals surface area (Å²) in [6, 6.07) is 15.2. The topological polar surface area (TPSA) is 79.9 Å². The van der Waals surface area contributed by atoms with E-state index in [0.717, 1.165) is 12.8 Å². The van der Waals surface area contributed by atoms with Gasteiger partial charge in [0.25, 0.3) is 0 Å². The first-order valence-electron chi connectivity index (χ1n) is 13.4. The molecule has 0 unspecified atom stereocenters. The van der Waals surface area contributed by atoms with E-state index in [-0.39, 0.29) is 35.9 Å². The van der Waals surface area contributed by atoms with Crippen LogP contribution < -0.4 is 15.4 Å². The second-order valence-corrected chi connectivity index (χ2v) is 10.1. The Kier molecular flexibility index (Phi) is 11.5. The molecule has 1 heterocycles. The minimum absolute atomic E-state index is 0.0430. The molecule has 0 aliphatic carbocycles. The van der Waals surface area contributed by atoms with E-state index in [9.17, 15) is 22.8 Å². The number of alkyl halides is 3. The third-order valence-corrected chi connectivity index (χ3v) is 6.76. The van der Waals surface area contributed by atoms with Crippen molar-refractivity contribution in [2.75, 3.05) is 38.2 Å². The first-order chi connectivity index (χ1) is 18.6. The maximum atomic E-state index is 13.5. The van der Waals surface area contributed by atoms with Crippen molar-refractivity contribution in [3.63, 3.8) is 0 Å². The number of carbonyl (C=O) groups is 2. The predicted molar refractivity (Wildman–Crippen MR) is 143 cm³/mol. The quantitative estimate of drug-likeness (QED) is 0.367. The number of carbonyl (C=O) groups excluding carboxylic acids is 2. The van der Waals surface area contributed by atoms with Crippen molar-refractivity contribution in [1.82, 2.24) is 10.2 Å². The van der Waals surface area contributed by atoms with Crippen LogP contribution in [0.1, 0.15) is 38.7 Å². The van der Waals surface area contributed by atoms with Crippen molar-refractivity contribution in [1.29, 1.82) is 0 Å². The molecule has 2 aromatic rings. The fourth-order valence-electron chi connectivity index (χ4n) is 4.43. The number of rotatable bonds is 13. The van der Waals surface area contributed by atoms with Crippen LogP contribution in [0.25, 0.3) is 0 Å². The monoisotopic (exact) mass is 549 g/mol. The molecule has 1 aliphatic heterocycles. The van der Waals surface area contributed by atoms with Gasteiger partial charge in [0.15, 0.2) is 0 Å². The summed E-state index contributed by atoms with van der Waals surface area (Å²) in [6.45, 7) is 6.40. The standard InChI is InChI=1S/C29H38F3N3O4/c1-21(2)26(20-33-24-11-13-25(14-12-24)39-29(30,31)32)34-28(37)23(10-6-9-22-7-4-3-5-8-22)19-27(36)35-15-17-38-18-16-35/h3-5,7-8,11-14,21,23,26,33H,6,9-10,15-20H2,1-2H3,(H,34,37)/t23-,26-/m1/s1. The lowest BCUT2D eigenvalue weighted by Gasteiger charge is -2.29. The van der Waals surface area contributed by atoms with Crippen LogP contribution in [0.4, 0.5) is 18.9 Å². The number of hydrogen-bond acceptors (Lipinski definition) is 5. The van der Waals surface area contributed by atoms with Crippen molar-refractivity contribution in [3.05, 3.63) is 60.2 Å². The van der Waals surface area contributed by atoms with Crippen molar-refractivity contribution in [3.8, 4) is 5.75 Å². The Hall–Kier alpha value is -3.27. The van der Waals surface area contributed by atoms with Gasteiger partial charge in [-0.15, -0.1) is 13.2 Å². The Labute approximate surface area is 228 Å². The highest BCUT2D eigenvalue weighted by Crippen LogP contribution is 2.24. The van der Waals surface area contributed by atoms with Gasteiger partial charge >= 0.3 is 6.36 Å². The van der Waals surface area contributed by atoms with Gasteiger partial charge in [-0.1, -0.05) is 44.2 Å². The van der Waals surface area contributed by atoms with Crippen LogP contribution in [0, 0.1) is 11.8 Å². The van der Waals surface area contributed by atoms with E-state index in [4.69, 9.17) is 4.74 Å². The summed E-state index contributed by atoms with van der Waals surface area (Å²) in [5, 5.41) is 6.29. The van der Waals surface area contributed by atoms with E-state index in [1.54, 1.807) is 4.90 Å². The van der Waals surface area contributed by atoms with E-state index in [1.807, 2.05) is 32.0 Å². The smallest absolute Gasteiger partial charge is 0.406 e. The second-order valence-electron chi connectivity index (χ2n) is 10.1. The molecule has 0 spiro atoms. The van der Waals surface area contributed by atoms with Crippen molar-refractivity contribution in [2.24, 2.45) is 11.8 Å². The first-order valence-corrected chi connectivity index (χ1v) is 13.4. The van der Waals surface area contributed by atoms with Gasteiger partial charge in [-0.2, -0.15) is 0 Å². The Balaban J connectivity index is 1.60. The zero-order valence-electron chi connectivity index (χ0n) is 22.5. The Morgan fingerprint density at radius 3 is 2.31 bits per heavy atom. The normalized spacial score (nSPS) is 15.5. The first kappa shape index (κ1) is 30.3. The Bertz CT molecular complexity index is 1030. The van der Waals surface area contributed by atoms with Crippen LogP contribution in [-0.2, 0) is 20.7 Å². The second kappa shape index (κ2) is 14.8. The van der Waals surface area contributed by atoms with Crippen LogP contribution in [-0.4, -0.2) is 62.0 Å². The molecule has 214 valence electrons. The molecule has 0 radical (unpaired) electrons. The van der Waals surface area contributed by atoms with Gasteiger partial charge in [-0.25, -0.2) is 0 Å². The molecular formula is C29H38F3N3O4. The summed E-state index contributed by atoms with van der Waals surface area (Å²) in [7, 11) is 0. The molecule has 1 saturated heterocycles. The summed E-state index contributed by atoms with van der Waals surface area (Å²) < 4.78 is 46.5. The van der Waals surface area contributed by atoms with E-state index in [1.165, 1.54) is 29.8 Å². The zero-order chi connectivity index (χ0) is 28.3. The van der Waals surface area contributed by atoms with Crippen LogP contribution in [0.15, 0.2) is 54.6 Å². The highest BCUT2D eigenvalue weighted by Gasteiger charge is 2.31. The van der Waals surface area contributed by atoms with E-state index >= 15 is 0 Å². The molecule has 2 aromatic carbocycles. The summed E-state index contributed by atoms with van der Waals surface area (Å²) in [5.74, 6) is -0.902. The van der Waals surface area contributed by atoms with Gasteiger partial charge in [0, 0.05) is 43.7 Å². The molecule has 3 rings (SSSR count). The molecule has 2 amide bonds. The predicted octanol–water partition coefficient (Wildman–Crippen LogP) is 5.03. The molecule has 1 fully saturated rings. The number of halogens is 3. The van der Waals surface area contributed by atoms with E-state index in [0.29, 0.717) is 45.0 Å². The number of benzene rings is 2. The molecule has 10 heteroatoms. The number of morpholine rings is 1. The number of ether oxygens (including phenoxy) is 2. The van der Waals surface area contributed by atoms with Gasteiger partial charge in [0.05, 0.1) is 13.2 Å². The lowest BCUT2D eigenvalue weighted by Crippen LogP contribution is -2.47. The van der Waals surface area contributed by atoms with Gasteiger partial charge in [0.2, 0.25) is 11.8 Å². The minimum Gasteiger partial charge on any atom is -0.406 e. The SMILES string of the molecule is CC(C)[C@@H](CNc1ccc(OC(F)(F)F)cc1)NC(=O)[C@H](CCCc1ccccc1)CC(=O)N1CCOCC1. The molecule has 0 saturated carbocycles. The van der Waals surface area contributed by atoms with Crippen molar-refractivity contribution in [2.45, 2.75) is 51.9 Å². The van der Waals surface area contributed by atoms with Crippen molar-refractivity contribution >= 4 is 17.5 Å². The highest BCUT2D eigenvalue weighted by atomic mass is 19.4. The molecule has 0 aromatic heterocycles. The number of nitrogens with zero attached hydrogens (tertiary/aromatic N) is 1. The minimum atomic E-state index is -4.75. The van der Waals surface area contributed by atoms with Crippen LogP contribution in [0.2, 0.25) is 0 Å². The zero-order valence-corrected chi connectivity index (χ0v) is 22.5. The van der Waals surface area contributed by atoms with Gasteiger partial charge in [0.1, 0.15) is 5.75 Å². The summed E-state index contributed by atoms with van der Waals surface area (Å²) >= 11 is 0. The molecule has 2 N–H and O–H groups in total. The number of nitrogens with one attached hydrogen (secondary N) is 2. The average Bonchev–Trinajstić information content (AvgIpc) is 2.91. The van der Waals surface area contributed by atoms with Crippen LogP contribution >= 0.6 is 0 Å². The molecule has 2 atom stereocenters. The van der Waals surface area contributed by atoms with E-state index in [2.05, 4.69) is 27.5 Å². The number of anilines is 1. The number of amides is 2. The third kappa shape index (κ3) is 10.8. The lowest BCUT2D eigenvalue weighted by molar-refractivity contribution is -0.274. The van der Waals surface area contributed by atoms with Gasteiger partial charge in [-0.05, 0) is 55.0 Å². The maximum Gasteiger partial charge on any atom is 0.573 e. The van der Waals surface area contributed by atoms with Gasteiger partial charge < -0.3 is 25.0 Å². The molecule has 1 aliphatic rings. The summed E-state index contributed by atoms with van der Waals surface area (Å²) in [6.07, 6.45) is -2.44. The average molecular weight is 550 g/mol. The van der Waals surface area contributed by atoms with Crippen LogP contribution in [0.5, 0.6) is 5.75 Å². The fraction of sp³-hybridized carbons (Fsp3) is 0.517. The maximum absolute atomic E-state index is 13.5. The summed E-state index contributed by atoms with van der Waals surface area (Å²) in [5.41, 5.74) is 1.79. The third-order valence-electron chi connectivity index (χ3n) is 6.76. The van der Waals surface area contributed by atoms with E-state index < -0.39 is 12.3 Å². The Morgan fingerprint density at radius 2 is 1.69 bits per heavy atom. The number of hydrogen-bond donors (Lipinski definition) is 2. The summed E-state index contributed by atoms with van der Waals surface area (Å²) in [4.78, 5) is 28.2. The fourth-order valence-corrected chi connectivity index (χ4v) is 4.43. The number of aryl methyl sites for hydroxylation is 1. The Morgan fingerprint density at radius 1 is 1.03 bits per heavy atom. The molecular weight excluding hydrogens is 511 g/mol. The van der Waals surface area contributed by atoms with Gasteiger partial charge in [-0.3, -0.25) is 9.59 Å². The largest absolute Gasteiger partial charge is 0.573 e. The van der Waals surface area contributed by atoms with Crippen LogP contribution in [0.3, 0.4) is 0 Å².